The van der Waals surface area contributed by atoms with Crippen LogP contribution in [0.5, 0.6) is 11.5 Å². The van der Waals surface area contributed by atoms with Gasteiger partial charge in [-0.15, -0.1) is 0 Å². The van der Waals surface area contributed by atoms with Gasteiger partial charge in [-0.25, -0.2) is 9.97 Å². The van der Waals surface area contributed by atoms with E-state index in [1.807, 2.05) is 69.2 Å². The van der Waals surface area contributed by atoms with Crippen molar-refractivity contribution in [3.05, 3.63) is 70.5 Å². The predicted molar refractivity (Wildman–Crippen MR) is 179 cm³/mol. The van der Waals surface area contributed by atoms with E-state index in [2.05, 4.69) is 9.80 Å². The lowest BCUT2D eigenvalue weighted by Gasteiger charge is -2.37. The first-order chi connectivity index (χ1) is 22.1. The Balaban J connectivity index is 1.21. The van der Waals surface area contributed by atoms with Gasteiger partial charge in [0.25, 0.3) is 0 Å². The molecule has 46 heavy (non-hydrogen) atoms. The topological polar surface area (TPSA) is 91.3 Å². The van der Waals surface area contributed by atoms with E-state index in [9.17, 15) is 9.59 Å². The van der Waals surface area contributed by atoms with E-state index in [1.165, 1.54) is 0 Å². The van der Waals surface area contributed by atoms with Crippen LogP contribution < -0.4 is 19.3 Å². The van der Waals surface area contributed by atoms with Gasteiger partial charge < -0.3 is 19.3 Å². The fourth-order valence-corrected chi connectivity index (χ4v) is 7.17. The Labute approximate surface area is 276 Å². The number of fused-ring (bicyclic) bond motifs is 1. The number of halogens is 1. The number of anilines is 2. The standard InChI is InChI=1S/C35H43ClN6O4/c1-22(2)46-30-16-28-25(14-29(30)45-5)15-33(43)42(35(28)24-8-10-26(36)11-9-24)32-18-37-31(17-38-32)39(3)19-23-6-12-27(13-7-23)41-20-34(44)40(4)21-41/h8-11,14,16-18,22-23,27,35H,6-7,12-13,15,19-21H2,1-5H3/t23?,27?,35-/m0/s1. The second-order valence-electron chi connectivity index (χ2n) is 13.0. The number of benzene rings is 2. The van der Waals surface area contributed by atoms with Crippen LogP contribution in [0.1, 0.15) is 62.3 Å². The molecule has 1 atom stereocenters. The number of carbonyl (C=O) groups is 2. The normalized spacial score (nSPS) is 21.9. The smallest absolute Gasteiger partial charge is 0.237 e. The molecular weight excluding hydrogens is 604 g/mol. The van der Waals surface area contributed by atoms with Crippen LogP contribution in [-0.2, 0) is 16.0 Å². The number of carbonyl (C=O) groups excluding carboxylic acids is 2. The second kappa shape index (κ2) is 13.5. The molecule has 0 unspecified atom stereocenters. The lowest BCUT2D eigenvalue weighted by atomic mass is 9.85. The molecule has 0 bridgehead atoms. The predicted octanol–water partition coefficient (Wildman–Crippen LogP) is 5.33. The van der Waals surface area contributed by atoms with Crippen LogP contribution in [0.4, 0.5) is 11.6 Å². The van der Waals surface area contributed by atoms with Crippen LogP contribution in [0.15, 0.2) is 48.8 Å². The number of aromatic nitrogens is 2. The van der Waals surface area contributed by atoms with Crippen molar-refractivity contribution < 1.29 is 19.1 Å². The zero-order valence-corrected chi connectivity index (χ0v) is 28.0. The molecule has 0 N–H and O–H groups in total. The summed E-state index contributed by atoms with van der Waals surface area (Å²) >= 11 is 6.26. The maximum absolute atomic E-state index is 13.8. The molecule has 1 aliphatic carbocycles. The summed E-state index contributed by atoms with van der Waals surface area (Å²) in [6.45, 7) is 6.10. The number of ether oxygens (including phenoxy) is 2. The third-order valence-corrected chi connectivity index (χ3v) is 9.67. The molecule has 2 fully saturated rings. The Morgan fingerprint density at radius 1 is 1.00 bits per heavy atom. The highest BCUT2D eigenvalue weighted by Crippen LogP contribution is 2.43. The number of amides is 2. The van der Waals surface area contributed by atoms with Crippen LogP contribution in [0.3, 0.4) is 0 Å². The Bertz CT molecular complexity index is 1560. The zero-order chi connectivity index (χ0) is 32.5. The van der Waals surface area contributed by atoms with Gasteiger partial charge in [0.05, 0.1) is 51.3 Å². The van der Waals surface area contributed by atoms with Gasteiger partial charge in [-0.2, -0.15) is 0 Å². The van der Waals surface area contributed by atoms with Crippen molar-refractivity contribution in [1.82, 2.24) is 19.8 Å². The fraction of sp³-hybridized carbons (Fsp3) is 0.486. The van der Waals surface area contributed by atoms with Gasteiger partial charge >= 0.3 is 0 Å². The highest BCUT2D eigenvalue weighted by Gasteiger charge is 2.37. The average molecular weight is 647 g/mol. The van der Waals surface area contributed by atoms with Crippen molar-refractivity contribution in [2.45, 2.75) is 64.1 Å². The SMILES string of the molecule is COc1cc2c(cc1OC(C)C)[C@H](c1ccc(Cl)cc1)N(c1cnc(N(C)CC3CCC(N4CC(=O)N(C)C4)CC3)cn1)C(=O)C2. The average Bonchev–Trinajstić information content (AvgIpc) is 3.38. The van der Waals surface area contributed by atoms with Crippen molar-refractivity contribution in [3.8, 4) is 11.5 Å². The van der Waals surface area contributed by atoms with E-state index in [-0.39, 0.29) is 24.3 Å². The first kappa shape index (κ1) is 32.1. The highest BCUT2D eigenvalue weighted by atomic mass is 35.5. The minimum Gasteiger partial charge on any atom is -0.493 e. The number of hydrogen-bond acceptors (Lipinski definition) is 8. The summed E-state index contributed by atoms with van der Waals surface area (Å²) in [5, 5.41) is 0.621. The largest absolute Gasteiger partial charge is 0.493 e. The summed E-state index contributed by atoms with van der Waals surface area (Å²) in [7, 11) is 5.54. The fourth-order valence-electron chi connectivity index (χ4n) is 7.05. The molecule has 6 rings (SSSR count). The lowest BCUT2D eigenvalue weighted by molar-refractivity contribution is -0.125. The van der Waals surface area contributed by atoms with Crippen molar-refractivity contribution >= 4 is 35.1 Å². The first-order valence-electron chi connectivity index (χ1n) is 16.1. The molecule has 3 heterocycles. The number of rotatable bonds is 9. The number of nitrogens with zero attached hydrogens (tertiary/aromatic N) is 6. The minimum absolute atomic E-state index is 0.0505. The van der Waals surface area contributed by atoms with E-state index < -0.39 is 6.04 Å². The minimum atomic E-state index is -0.451. The van der Waals surface area contributed by atoms with Gasteiger partial charge in [0.1, 0.15) is 5.82 Å². The van der Waals surface area contributed by atoms with E-state index >= 15 is 0 Å². The van der Waals surface area contributed by atoms with Gasteiger partial charge in [0.15, 0.2) is 17.3 Å². The molecule has 2 aliphatic heterocycles. The second-order valence-corrected chi connectivity index (χ2v) is 13.5. The van der Waals surface area contributed by atoms with Crippen molar-refractivity contribution in [3.63, 3.8) is 0 Å². The first-order valence-corrected chi connectivity index (χ1v) is 16.4. The van der Waals surface area contributed by atoms with Crippen molar-refractivity contribution in [2.24, 2.45) is 5.92 Å². The summed E-state index contributed by atoms with van der Waals surface area (Å²) in [5.41, 5.74) is 2.74. The molecule has 3 aliphatic rings. The quantitative estimate of drug-likeness (QED) is 0.308. The van der Waals surface area contributed by atoms with Gasteiger partial charge in [-0.3, -0.25) is 19.4 Å². The van der Waals surface area contributed by atoms with Gasteiger partial charge in [-0.05, 0) is 86.4 Å². The summed E-state index contributed by atoms with van der Waals surface area (Å²) in [6, 6.07) is 11.5. The Morgan fingerprint density at radius 3 is 2.35 bits per heavy atom. The van der Waals surface area contributed by atoms with Crippen LogP contribution in [0, 0.1) is 5.92 Å². The van der Waals surface area contributed by atoms with E-state index in [1.54, 1.807) is 24.4 Å². The molecule has 2 amide bonds. The Kier molecular flexibility index (Phi) is 9.38. The summed E-state index contributed by atoms with van der Waals surface area (Å²) in [5.74, 6) is 3.16. The van der Waals surface area contributed by atoms with Crippen molar-refractivity contribution in [2.75, 3.05) is 50.8 Å². The molecule has 11 heteroatoms. The molecule has 3 aromatic rings. The Morgan fingerprint density at radius 2 is 1.74 bits per heavy atom. The number of methoxy groups -OCH3 is 1. The van der Waals surface area contributed by atoms with E-state index in [4.69, 9.17) is 31.0 Å². The molecule has 10 nitrogen and oxygen atoms in total. The van der Waals surface area contributed by atoms with Crippen LogP contribution in [0.25, 0.3) is 0 Å². The van der Waals surface area contributed by atoms with E-state index in [0.29, 0.717) is 40.8 Å². The molecule has 0 radical (unpaired) electrons. The lowest BCUT2D eigenvalue weighted by Crippen LogP contribution is -2.41. The molecule has 1 aromatic heterocycles. The van der Waals surface area contributed by atoms with Gasteiger partial charge in [0.2, 0.25) is 11.8 Å². The monoisotopic (exact) mass is 646 g/mol. The third kappa shape index (κ3) is 6.64. The summed E-state index contributed by atoms with van der Waals surface area (Å²) < 4.78 is 11.7. The van der Waals surface area contributed by atoms with Gasteiger partial charge in [-0.1, -0.05) is 23.7 Å². The maximum atomic E-state index is 13.8. The summed E-state index contributed by atoms with van der Waals surface area (Å²) in [6.07, 6.45) is 8.05. The molecule has 1 saturated heterocycles. The van der Waals surface area contributed by atoms with Crippen molar-refractivity contribution in [1.29, 1.82) is 0 Å². The molecule has 2 aromatic carbocycles. The zero-order valence-electron chi connectivity index (χ0n) is 27.3. The molecule has 1 saturated carbocycles. The molecule has 0 spiro atoms. The molecule has 244 valence electrons. The summed E-state index contributed by atoms with van der Waals surface area (Å²) in [4.78, 5) is 43.4. The third-order valence-electron chi connectivity index (χ3n) is 9.42. The molecular formula is C35H43ClN6O4. The highest BCUT2D eigenvalue weighted by molar-refractivity contribution is 6.30. The number of hydrogen-bond donors (Lipinski definition) is 0. The number of likely N-dealkylation sites (N-methyl/N-ethyl adjacent to an activating group) is 1. The van der Waals surface area contributed by atoms with Crippen LogP contribution in [0.2, 0.25) is 5.02 Å². The van der Waals surface area contributed by atoms with E-state index in [0.717, 1.165) is 61.4 Å². The van der Waals surface area contributed by atoms with Gasteiger partial charge in [0, 0.05) is 31.7 Å². The van der Waals surface area contributed by atoms with Crippen LogP contribution >= 0.6 is 11.6 Å². The Hall–Kier alpha value is -3.89. The van der Waals surface area contributed by atoms with Crippen LogP contribution in [-0.4, -0.2) is 84.7 Å². The maximum Gasteiger partial charge on any atom is 0.237 e.